The highest BCUT2D eigenvalue weighted by molar-refractivity contribution is 5.95. The van der Waals surface area contributed by atoms with E-state index in [1.54, 1.807) is 19.0 Å². The van der Waals surface area contributed by atoms with Crippen LogP contribution in [-0.4, -0.2) is 54.8 Å². The second-order valence-electron chi connectivity index (χ2n) is 7.47. The molecule has 0 bridgehead atoms. The number of piperidine rings is 1. The van der Waals surface area contributed by atoms with Gasteiger partial charge in [0, 0.05) is 26.3 Å². The van der Waals surface area contributed by atoms with E-state index in [0.717, 1.165) is 30.6 Å². The van der Waals surface area contributed by atoms with Crippen LogP contribution in [0, 0.1) is 5.92 Å². The Hall–Kier alpha value is -1.88. The SMILES string of the molecule is CC(C)c1ccccc1NC(=O)C(C)N1CCCC(C(=O)N(C)C)C1. The van der Waals surface area contributed by atoms with Gasteiger partial charge in [0.2, 0.25) is 11.8 Å². The van der Waals surface area contributed by atoms with Crippen LogP contribution >= 0.6 is 0 Å². The van der Waals surface area contributed by atoms with Crippen LogP contribution in [0.15, 0.2) is 24.3 Å². The van der Waals surface area contributed by atoms with Crippen LogP contribution in [-0.2, 0) is 9.59 Å². The molecule has 138 valence electrons. The topological polar surface area (TPSA) is 52.7 Å². The fourth-order valence-electron chi connectivity index (χ4n) is 3.44. The van der Waals surface area contributed by atoms with Gasteiger partial charge >= 0.3 is 0 Å². The molecule has 5 nitrogen and oxygen atoms in total. The van der Waals surface area contributed by atoms with Crippen LogP contribution in [0.1, 0.15) is 45.1 Å². The first-order chi connectivity index (χ1) is 11.8. The third-order valence-corrected chi connectivity index (χ3v) is 5.01. The average Bonchev–Trinajstić information content (AvgIpc) is 2.60. The second kappa shape index (κ2) is 8.48. The standard InChI is InChI=1S/C20H31N3O2/c1-14(2)17-10-6-7-11-18(17)21-19(24)15(3)23-12-8-9-16(13-23)20(25)22(4)5/h6-7,10-11,14-16H,8-9,12-13H2,1-5H3,(H,21,24). The van der Waals surface area contributed by atoms with E-state index in [1.807, 2.05) is 25.1 Å². The summed E-state index contributed by atoms with van der Waals surface area (Å²) in [5.74, 6) is 0.486. The maximum Gasteiger partial charge on any atom is 0.241 e. The Kier molecular flexibility index (Phi) is 6.59. The molecular weight excluding hydrogens is 314 g/mol. The summed E-state index contributed by atoms with van der Waals surface area (Å²) in [5, 5.41) is 3.08. The van der Waals surface area contributed by atoms with Gasteiger partial charge in [0.15, 0.2) is 0 Å². The largest absolute Gasteiger partial charge is 0.349 e. The van der Waals surface area contributed by atoms with Crippen molar-refractivity contribution >= 4 is 17.5 Å². The zero-order valence-electron chi connectivity index (χ0n) is 16.1. The molecule has 25 heavy (non-hydrogen) atoms. The number of carbonyl (C=O) groups excluding carboxylic acids is 2. The van der Waals surface area contributed by atoms with E-state index >= 15 is 0 Å². The van der Waals surface area contributed by atoms with Gasteiger partial charge in [-0.05, 0) is 43.9 Å². The molecule has 0 radical (unpaired) electrons. The molecule has 1 aromatic rings. The minimum atomic E-state index is -0.252. The van der Waals surface area contributed by atoms with Gasteiger partial charge in [0.1, 0.15) is 0 Å². The molecule has 2 atom stereocenters. The minimum Gasteiger partial charge on any atom is -0.349 e. The first kappa shape index (κ1) is 19.4. The molecule has 2 unspecified atom stereocenters. The highest BCUT2D eigenvalue weighted by Gasteiger charge is 2.31. The fraction of sp³-hybridized carbons (Fsp3) is 0.600. The summed E-state index contributed by atoms with van der Waals surface area (Å²) in [7, 11) is 3.58. The number of carbonyl (C=O) groups is 2. The van der Waals surface area contributed by atoms with Crippen LogP contribution < -0.4 is 5.32 Å². The third kappa shape index (κ3) is 4.82. The number of anilines is 1. The quantitative estimate of drug-likeness (QED) is 0.893. The molecule has 1 N–H and O–H groups in total. The number of amides is 2. The van der Waals surface area contributed by atoms with Crippen LogP contribution in [0.2, 0.25) is 0 Å². The summed E-state index contributed by atoms with van der Waals surface area (Å²) >= 11 is 0. The van der Waals surface area contributed by atoms with E-state index in [1.165, 1.54) is 0 Å². The van der Waals surface area contributed by atoms with Crippen molar-refractivity contribution in [2.24, 2.45) is 5.92 Å². The highest BCUT2D eigenvalue weighted by Crippen LogP contribution is 2.25. The van der Waals surface area contributed by atoms with E-state index in [4.69, 9.17) is 0 Å². The van der Waals surface area contributed by atoms with Gasteiger partial charge < -0.3 is 10.2 Å². The summed E-state index contributed by atoms with van der Waals surface area (Å²) in [4.78, 5) is 28.8. The van der Waals surface area contributed by atoms with Crippen molar-refractivity contribution < 1.29 is 9.59 Å². The lowest BCUT2D eigenvalue weighted by Crippen LogP contribution is -2.49. The molecule has 2 rings (SSSR count). The number of nitrogens with zero attached hydrogens (tertiary/aromatic N) is 2. The average molecular weight is 345 g/mol. The van der Waals surface area contributed by atoms with Gasteiger partial charge in [-0.2, -0.15) is 0 Å². The fourth-order valence-corrected chi connectivity index (χ4v) is 3.44. The molecule has 1 fully saturated rings. The smallest absolute Gasteiger partial charge is 0.241 e. The Bertz CT molecular complexity index is 613. The van der Waals surface area contributed by atoms with Crippen LogP contribution in [0.5, 0.6) is 0 Å². The van der Waals surface area contributed by atoms with Crippen molar-refractivity contribution in [2.75, 3.05) is 32.5 Å². The first-order valence-electron chi connectivity index (χ1n) is 9.16. The molecule has 1 aliphatic rings. The molecule has 1 aliphatic heterocycles. The van der Waals surface area contributed by atoms with Crippen LogP contribution in [0.3, 0.4) is 0 Å². The number of hydrogen-bond acceptors (Lipinski definition) is 3. The Morgan fingerprint density at radius 3 is 2.52 bits per heavy atom. The summed E-state index contributed by atoms with van der Waals surface area (Å²) in [6.07, 6.45) is 1.85. The van der Waals surface area contributed by atoms with Crippen molar-refractivity contribution in [3.8, 4) is 0 Å². The number of rotatable bonds is 5. The van der Waals surface area contributed by atoms with E-state index < -0.39 is 0 Å². The molecule has 0 aliphatic carbocycles. The Morgan fingerprint density at radius 2 is 1.88 bits per heavy atom. The highest BCUT2D eigenvalue weighted by atomic mass is 16.2. The lowest BCUT2D eigenvalue weighted by atomic mass is 9.95. The van der Waals surface area contributed by atoms with E-state index in [0.29, 0.717) is 12.5 Å². The lowest BCUT2D eigenvalue weighted by Gasteiger charge is -2.36. The third-order valence-electron chi connectivity index (χ3n) is 5.01. The summed E-state index contributed by atoms with van der Waals surface area (Å²) in [6, 6.07) is 7.69. The van der Waals surface area contributed by atoms with E-state index in [-0.39, 0.29) is 23.8 Å². The molecule has 0 saturated carbocycles. The van der Waals surface area contributed by atoms with Gasteiger partial charge in [-0.3, -0.25) is 14.5 Å². The molecule has 0 aromatic heterocycles. The van der Waals surface area contributed by atoms with Gasteiger partial charge in [-0.15, -0.1) is 0 Å². The molecule has 1 saturated heterocycles. The van der Waals surface area contributed by atoms with Crippen LogP contribution in [0.25, 0.3) is 0 Å². The summed E-state index contributed by atoms with van der Waals surface area (Å²) < 4.78 is 0. The number of benzene rings is 1. The molecule has 2 amide bonds. The Labute approximate surface area is 151 Å². The van der Waals surface area contributed by atoms with Crippen molar-refractivity contribution in [1.29, 1.82) is 0 Å². The normalized spacial score (nSPS) is 19.5. The molecule has 0 spiro atoms. The molecular formula is C20H31N3O2. The van der Waals surface area contributed by atoms with Gasteiger partial charge in [-0.1, -0.05) is 32.0 Å². The number of para-hydroxylation sites is 1. The van der Waals surface area contributed by atoms with E-state index in [9.17, 15) is 9.59 Å². The Morgan fingerprint density at radius 1 is 1.20 bits per heavy atom. The van der Waals surface area contributed by atoms with Crippen LogP contribution in [0.4, 0.5) is 5.69 Å². The monoisotopic (exact) mass is 345 g/mol. The number of hydrogen-bond donors (Lipinski definition) is 1. The Balaban J connectivity index is 2.03. The lowest BCUT2D eigenvalue weighted by molar-refractivity contribution is -0.136. The van der Waals surface area contributed by atoms with Crippen molar-refractivity contribution in [3.05, 3.63) is 29.8 Å². The van der Waals surface area contributed by atoms with Crippen molar-refractivity contribution in [3.63, 3.8) is 0 Å². The minimum absolute atomic E-state index is 0.00829. The van der Waals surface area contributed by atoms with E-state index in [2.05, 4.69) is 30.1 Å². The second-order valence-corrected chi connectivity index (χ2v) is 7.47. The number of likely N-dealkylation sites (tertiary alicyclic amines) is 1. The summed E-state index contributed by atoms with van der Waals surface area (Å²) in [5.41, 5.74) is 2.02. The number of nitrogens with one attached hydrogen (secondary N) is 1. The maximum absolute atomic E-state index is 12.7. The predicted octanol–water partition coefficient (Wildman–Crippen LogP) is 2.94. The zero-order chi connectivity index (χ0) is 18.6. The van der Waals surface area contributed by atoms with Gasteiger partial charge in [-0.25, -0.2) is 0 Å². The molecule has 1 aromatic carbocycles. The predicted molar refractivity (Wildman–Crippen MR) is 102 cm³/mol. The van der Waals surface area contributed by atoms with Gasteiger partial charge in [0.25, 0.3) is 0 Å². The van der Waals surface area contributed by atoms with Gasteiger partial charge in [0.05, 0.1) is 12.0 Å². The molecule has 5 heteroatoms. The van der Waals surface area contributed by atoms with Crippen molar-refractivity contribution in [1.82, 2.24) is 9.80 Å². The van der Waals surface area contributed by atoms with Crippen molar-refractivity contribution in [2.45, 2.75) is 45.6 Å². The maximum atomic E-state index is 12.7. The first-order valence-corrected chi connectivity index (χ1v) is 9.16. The zero-order valence-corrected chi connectivity index (χ0v) is 16.1. The summed E-state index contributed by atoms with van der Waals surface area (Å²) in [6.45, 7) is 7.68. The molecule has 1 heterocycles.